The molecule has 0 heterocycles. The van der Waals surface area contributed by atoms with Crippen LogP contribution in [0.4, 0.5) is 0 Å². The molecule has 2 aromatic rings. The van der Waals surface area contributed by atoms with Crippen LogP contribution in [0, 0.1) is 0 Å². The minimum absolute atomic E-state index is 0. The summed E-state index contributed by atoms with van der Waals surface area (Å²) in [4.78, 5) is 10.9. The summed E-state index contributed by atoms with van der Waals surface area (Å²) in [6.07, 6.45) is 4.03. The number of benzene rings is 2. The van der Waals surface area contributed by atoms with Crippen molar-refractivity contribution in [1.82, 2.24) is 0 Å². The second-order valence-electron chi connectivity index (χ2n) is 6.73. The number of aliphatic carboxylic acids is 1. The molecule has 0 aliphatic carbocycles. The van der Waals surface area contributed by atoms with Crippen molar-refractivity contribution < 1.29 is 86.4 Å². The maximum absolute atomic E-state index is 10.9. The molecular formula is C23H32Na2O5. The summed E-state index contributed by atoms with van der Waals surface area (Å²) in [6, 6.07) is 11.0. The van der Waals surface area contributed by atoms with E-state index in [1.54, 1.807) is 12.1 Å². The van der Waals surface area contributed by atoms with E-state index in [2.05, 4.69) is 13.8 Å². The predicted octanol–water partition coefficient (Wildman–Crippen LogP) is -0.995. The fourth-order valence-electron chi connectivity index (χ4n) is 3.15. The number of carboxylic acids is 1. The van der Waals surface area contributed by atoms with Crippen molar-refractivity contribution >= 4 is 5.97 Å². The van der Waals surface area contributed by atoms with Gasteiger partial charge in [-0.25, -0.2) is 0 Å². The Morgan fingerprint density at radius 1 is 0.967 bits per heavy atom. The van der Waals surface area contributed by atoms with Crippen LogP contribution in [-0.4, -0.2) is 29.4 Å². The second kappa shape index (κ2) is 16.0. The molecule has 0 bridgehead atoms. The van der Waals surface area contributed by atoms with Crippen LogP contribution in [-0.2, 0) is 24.1 Å². The molecule has 0 saturated carbocycles. The smallest absolute Gasteiger partial charge is 1.00 e. The van der Waals surface area contributed by atoms with Gasteiger partial charge < -0.3 is 22.5 Å². The van der Waals surface area contributed by atoms with Crippen molar-refractivity contribution in [3.63, 3.8) is 0 Å². The molecule has 0 atom stereocenters. The maximum Gasteiger partial charge on any atom is 1.00 e. The maximum atomic E-state index is 10.9. The number of rotatable bonds is 12. The monoisotopic (exact) mass is 434 g/mol. The van der Waals surface area contributed by atoms with Crippen LogP contribution in [0.3, 0.4) is 0 Å². The Kier molecular flexibility index (Phi) is 15.6. The van der Waals surface area contributed by atoms with E-state index in [1.165, 1.54) is 0 Å². The zero-order valence-corrected chi connectivity index (χ0v) is 22.7. The standard InChI is InChI=1S/C23H30O5.2Na.2H/c1-3-7-20-18(11-13-23(25)26)8-5-9-21(20)27-14-6-15-28-22-16-19(24)12-10-17(22)4-2;;;;/h5,8-10,12,16,24H,3-4,6-7,11,13-15H2,1-2H3,(H,25,26);;;;/q;2*+1;2*-1. The average Bonchev–Trinajstić information content (AvgIpc) is 2.68. The molecule has 0 amide bonds. The van der Waals surface area contributed by atoms with Gasteiger partial charge in [-0.2, -0.15) is 0 Å². The van der Waals surface area contributed by atoms with Crippen molar-refractivity contribution in [3.8, 4) is 17.2 Å². The molecule has 0 aliphatic heterocycles. The Balaban J connectivity index is -0.00000210. The van der Waals surface area contributed by atoms with Gasteiger partial charge in [-0.05, 0) is 48.1 Å². The van der Waals surface area contributed by atoms with E-state index in [0.717, 1.165) is 41.7 Å². The van der Waals surface area contributed by atoms with Crippen molar-refractivity contribution in [2.45, 2.75) is 52.4 Å². The summed E-state index contributed by atoms with van der Waals surface area (Å²) >= 11 is 0. The first-order chi connectivity index (χ1) is 13.5. The van der Waals surface area contributed by atoms with E-state index in [9.17, 15) is 9.90 Å². The largest absolute Gasteiger partial charge is 1.00 e. The van der Waals surface area contributed by atoms with Crippen molar-refractivity contribution in [2.24, 2.45) is 0 Å². The zero-order chi connectivity index (χ0) is 20.4. The van der Waals surface area contributed by atoms with Gasteiger partial charge in [-0.15, -0.1) is 0 Å². The topological polar surface area (TPSA) is 76.0 Å². The molecule has 0 aromatic heterocycles. The van der Waals surface area contributed by atoms with Crippen LogP contribution < -0.4 is 68.6 Å². The van der Waals surface area contributed by atoms with Crippen LogP contribution >= 0.6 is 0 Å². The molecule has 0 radical (unpaired) electrons. The Bertz CT molecular complexity index is 791. The fraction of sp³-hybridized carbons (Fsp3) is 0.435. The number of ether oxygens (including phenoxy) is 2. The van der Waals surface area contributed by atoms with E-state index in [1.807, 2.05) is 24.3 Å². The van der Waals surface area contributed by atoms with Crippen molar-refractivity contribution in [1.29, 1.82) is 0 Å². The van der Waals surface area contributed by atoms with E-state index >= 15 is 0 Å². The Hall–Kier alpha value is -0.690. The normalized spacial score (nSPS) is 9.93. The number of carboxylic acid groups (broad SMARTS) is 1. The molecule has 5 nitrogen and oxygen atoms in total. The molecule has 2 rings (SSSR count). The third-order valence-electron chi connectivity index (χ3n) is 4.57. The Morgan fingerprint density at radius 3 is 2.30 bits per heavy atom. The van der Waals surface area contributed by atoms with E-state index in [4.69, 9.17) is 14.6 Å². The number of hydrogen-bond donors (Lipinski definition) is 2. The number of carbonyl (C=O) groups is 1. The van der Waals surface area contributed by atoms with E-state index in [0.29, 0.717) is 31.8 Å². The van der Waals surface area contributed by atoms with Gasteiger partial charge in [-0.1, -0.05) is 38.5 Å². The van der Waals surface area contributed by atoms with Gasteiger partial charge in [0.05, 0.1) is 13.2 Å². The summed E-state index contributed by atoms with van der Waals surface area (Å²) < 4.78 is 11.8. The van der Waals surface area contributed by atoms with Crippen LogP contribution in [0.1, 0.15) is 52.7 Å². The van der Waals surface area contributed by atoms with Crippen LogP contribution in [0.25, 0.3) is 0 Å². The predicted molar refractivity (Wildman–Crippen MR) is 112 cm³/mol. The van der Waals surface area contributed by atoms with E-state index < -0.39 is 5.97 Å². The molecule has 2 aromatic carbocycles. The first kappa shape index (κ1) is 29.3. The van der Waals surface area contributed by atoms with Crippen LogP contribution in [0.2, 0.25) is 0 Å². The SMILES string of the molecule is CCCc1c(CCC(=O)O)cccc1OCCCOc1cc(O)ccc1CC.[H-].[H-].[Na+].[Na+]. The molecule has 2 N–H and O–H groups in total. The number of aryl methyl sites for hydroxylation is 2. The van der Waals surface area contributed by atoms with Crippen molar-refractivity contribution in [2.75, 3.05) is 13.2 Å². The van der Waals surface area contributed by atoms with Crippen molar-refractivity contribution in [3.05, 3.63) is 53.1 Å². The summed E-state index contributed by atoms with van der Waals surface area (Å²) in [6.45, 7) is 5.17. The molecule has 0 saturated heterocycles. The minimum Gasteiger partial charge on any atom is -1.00 e. The van der Waals surface area contributed by atoms with Crippen LogP contribution in [0.15, 0.2) is 36.4 Å². The fourth-order valence-corrected chi connectivity index (χ4v) is 3.15. The Labute approximate surface area is 226 Å². The van der Waals surface area contributed by atoms with Gasteiger partial charge in [0.2, 0.25) is 0 Å². The van der Waals surface area contributed by atoms with Gasteiger partial charge in [0.15, 0.2) is 0 Å². The summed E-state index contributed by atoms with van der Waals surface area (Å²) in [5.74, 6) is 0.955. The quantitative estimate of drug-likeness (QED) is 0.331. The summed E-state index contributed by atoms with van der Waals surface area (Å²) in [7, 11) is 0. The first-order valence-electron chi connectivity index (χ1n) is 9.95. The third-order valence-corrected chi connectivity index (χ3v) is 4.57. The second-order valence-corrected chi connectivity index (χ2v) is 6.73. The molecule has 0 unspecified atom stereocenters. The first-order valence-corrected chi connectivity index (χ1v) is 9.95. The number of phenols is 1. The molecule has 7 heteroatoms. The van der Waals surface area contributed by atoms with Crippen LogP contribution in [0.5, 0.6) is 17.2 Å². The Morgan fingerprint density at radius 2 is 1.67 bits per heavy atom. The van der Waals surface area contributed by atoms with Gasteiger partial charge in [0, 0.05) is 18.9 Å². The molecule has 0 aliphatic rings. The molecule has 0 spiro atoms. The van der Waals surface area contributed by atoms with Gasteiger partial charge in [0.1, 0.15) is 17.2 Å². The average molecular weight is 434 g/mol. The molecule has 0 fully saturated rings. The minimum atomic E-state index is -0.788. The zero-order valence-electron chi connectivity index (χ0n) is 20.7. The van der Waals surface area contributed by atoms with Gasteiger partial charge >= 0.3 is 65.1 Å². The summed E-state index contributed by atoms with van der Waals surface area (Å²) in [5, 5.41) is 18.6. The van der Waals surface area contributed by atoms with Gasteiger partial charge in [-0.3, -0.25) is 4.79 Å². The molecule has 30 heavy (non-hydrogen) atoms. The molecule has 156 valence electrons. The number of aromatic hydroxyl groups is 1. The number of phenolic OH excluding ortho intramolecular Hbond substituents is 1. The summed E-state index contributed by atoms with van der Waals surface area (Å²) in [5.41, 5.74) is 3.22. The van der Waals surface area contributed by atoms with E-state index in [-0.39, 0.29) is 74.1 Å². The van der Waals surface area contributed by atoms with Gasteiger partial charge in [0.25, 0.3) is 0 Å². The number of hydrogen-bond acceptors (Lipinski definition) is 4. The third kappa shape index (κ3) is 9.63. The molecular weight excluding hydrogens is 402 g/mol.